The van der Waals surface area contributed by atoms with E-state index < -0.39 is 17.6 Å². The van der Waals surface area contributed by atoms with Crippen LogP contribution in [0.5, 0.6) is 0 Å². The average Bonchev–Trinajstić information content (AvgIpc) is 3.88. The third kappa shape index (κ3) is 15.5. The molecule has 0 unspecified atom stereocenters. The molecule has 4 heterocycles. The second-order valence-corrected chi connectivity index (χ2v) is 20.5. The summed E-state index contributed by atoms with van der Waals surface area (Å²) in [6.45, 7) is 16.2. The summed E-state index contributed by atoms with van der Waals surface area (Å²) >= 11 is 11.8. The maximum Gasteiger partial charge on any atom is 0.327 e. The molecule has 0 spiro atoms. The number of carbonyl (C=O) groups excluding carboxylic acids is 1. The lowest BCUT2D eigenvalue weighted by Gasteiger charge is -2.16. The van der Waals surface area contributed by atoms with Crippen molar-refractivity contribution >= 4 is 85.5 Å². The Bertz CT molecular complexity index is 3200. The van der Waals surface area contributed by atoms with E-state index in [1.54, 1.807) is 42.5 Å². The molecule has 4 aromatic carbocycles. The largest absolute Gasteiger partial charge is 0.478 e. The average molecular weight is 1030 g/mol. The minimum atomic E-state index is -0.876. The van der Waals surface area contributed by atoms with Crippen molar-refractivity contribution in [3.05, 3.63) is 136 Å². The molecule has 73 heavy (non-hydrogen) atoms. The van der Waals surface area contributed by atoms with E-state index >= 15 is 0 Å². The van der Waals surface area contributed by atoms with Crippen LogP contribution in [0.4, 0.5) is 37.5 Å². The minimum absolute atomic E-state index is 0.00912. The molecule has 2 aliphatic heterocycles. The Hall–Kier alpha value is -6.94. The van der Waals surface area contributed by atoms with E-state index in [9.17, 15) is 18.4 Å². The van der Waals surface area contributed by atoms with Gasteiger partial charge in [0, 0.05) is 64.0 Å². The van der Waals surface area contributed by atoms with Crippen LogP contribution in [-0.4, -0.2) is 86.9 Å². The number of ketones is 1. The van der Waals surface area contributed by atoms with E-state index in [0.717, 1.165) is 61.8 Å². The van der Waals surface area contributed by atoms with E-state index in [2.05, 4.69) is 92.0 Å². The van der Waals surface area contributed by atoms with E-state index in [4.69, 9.17) is 34.0 Å². The fourth-order valence-electron chi connectivity index (χ4n) is 8.14. The van der Waals surface area contributed by atoms with Crippen LogP contribution < -0.4 is 16.4 Å². The first-order chi connectivity index (χ1) is 34.6. The van der Waals surface area contributed by atoms with Gasteiger partial charge < -0.3 is 31.3 Å². The molecule has 12 nitrogen and oxygen atoms in total. The van der Waals surface area contributed by atoms with Crippen LogP contribution in [0.15, 0.2) is 97.6 Å². The molecule has 2 saturated heterocycles. The first kappa shape index (κ1) is 55.4. The van der Waals surface area contributed by atoms with E-state index in [1.165, 1.54) is 24.8 Å². The molecule has 8 rings (SSSR count). The van der Waals surface area contributed by atoms with Crippen molar-refractivity contribution in [3.63, 3.8) is 0 Å². The normalized spacial score (nSPS) is 17.7. The summed E-state index contributed by atoms with van der Waals surface area (Å²) in [6.07, 6.45) is 11.4. The topological polar surface area (TPSA) is 162 Å². The van der Waals surface area contributed by atoms with E-state index in [1.807, 2.05) is 52.0 Å². The fraction of sp³-hybridized carbons (Fsp3) is 0.333. The van der Waals surface area contributed by atoms with Gasteiger partial charge in [-0.1, -0.05) is 98.9 Å². The van der Waals surface area contributed by atoms with Crippen molar-refractivity contribution in [2.24, 2.45) is 22.7 Å². The number of benzene rings is 4. The van der Waals surface area contributed by atoms with Crippen LogP contribution in [0.3, 0.4) is 0 Å². The third-order valence-corrected chi connectivity index (χ3v) is 12.6. The highest BCUT2D eigenvalue weighted by molar-refractivity contribution is 6.31. The van der Waals surface area contributed by atoms with Crippen molar-refractivity contribution < 1.29 is 23.5 Å². The summed E-state index contributed by atoms with van der Waals surface area (Å²) in [6, 6.07) is 16.9. The van der Waals surface area contributed by atoms with Crippen molar-refractivity contribution in [3.8, 4) is 23.7 Å². The highest BCUT2D eigenvalue weighted by atomic mass is 35.5. The summed E-state index contributed by atoms with van der Waals surface area (Å²) in [5.41, 5.74) is 10.7. The zero-order valence-corrected chi connectivity index (χ0v) is 43.9. The summed E-state index contributed by atoms with van der Waals surface area (Å²) in [7, 11) is 4.20. The lowest BCUT2D eigenvalue weighted by atomic mass is 9.89. The Labute approximate surface area is 436 Å². The smallest absolute Gasteiger partial charge is 0.327 e. The number of nitrogen functional groups attached to an aromatic ring is 1. The number of carboxylic acid groups (broad SMARTS) is 1. The first-order valence-electron chi connectivity index (χ1n) is 23.9. The molecule has 0 bridgehead atoms. The number of carboxylic acids is 1. The van der Waals surface area contributed by atoms with Crippen LogP contribution in [-0.2, 0) is 16.0 Å². The number of likely N-dealkylation sites (tertiary alicyclic amines) is 2. The summed E-state index contributed by atoms with van der Waals surface area (Å²) in [5.74, 6) is 12.9. The molecular weight excluding hydrogens is 968 g/mol. The molecule has 380 valence electrons. The van der Waals surface area contributed by atoms with Gasteiger partial charge in [-0.25, -0.2) is 33.5 Å². The van der Waals surface area contributed by atoms with Gasteiger partial charge in [0.05, 0.1) is 32.5 Å². The first-order valence-corrected chi connectivity index (χ1v) is 24.7. The number of hydrogen-bond donors (Lipinski definition) is 4. The fourth-order valence-corrected chi connectivity index (χ4v) is 8.49. The Kier molecular flexibility index (Phi) is 18.7. The van der Waals surface area contributed by atoms with Gasteiger partial charge in [-0.2, -0.15) is 0 Å². The molecule has 16 heteroatoms. The van der Waals surface area contributed by atoms with E-state index in [0.29, 0.717) is 45.0 Å². The van der Waals surface area contributed by atoms with Crippen molar-refractivity contribution in [2.45, 2.75) is 60.8 Å². The molecule has 6 aromatic rings. The zero-order chi connectivity index (χ0) is 53.0. The lowest BCUT2D eigenvalue weighted by molar-refractivity contribution is -0.131. The molecule has 5 N–H and O–H groups in total. The van der Waals surface area contributed by atoms with Gasteiger partial charge in [-0.05, 0) is 126 Å². The van der Waals surface area contributed by atoms with E-state index in [-0.39, 0.29) is 50.4 Å². The number of aromatic nitrogens is 4. The Morgan fingerprint density at radius 1 is 0.740 bits per heavy atom. The number of nitrogens with one attached hydrogen (secondary N) is 2. The number of anilines is 5. The summed E-state index contributed by atoms with van der Waals surface area (Å²) in [5, 5.41) is 15.5. The molecular formula is C57H61Cl2F2N9O3. The van der Waals surface area contributed by atoms with Crippen molar-refractivity contribution in [2.75, 3.05) is 56.6 Å². The molecule has 0 aliphatic carbocycles. The lowest BCUT2D eigenvalue weighted by Crippen LogP contribution is -2.20. The number of allylic oxidation sites excluding steroid dienone is 3. The van der Waals surface area contributed by atoms with Crippen LogP contribution in [0.25, 0.3) is 21.8 Å². The highest BCUT2D eigenvalue weighted by Crippen LogP contribution is 2.34. The Morgan fingerprint density at radius 2 is 1.21 bits per heavy atom. The predicted molar refractivity (Wildman–Crippen MR) is 291 cm³/mol. The second kappa shape index (κ2) is 24.7. The van der Waals surface area contributed by atoms with Crippen LogP contribution in [0, 0.1) is 58.0 Å². The van der Waals surface area contributed by atoms with Gasteiger partial charge in [0.25, 0.3) is 0 Å². The maximum absolute atomic E-state index is 14.6. The highest BCUT2D eigenvalue weighted by Gasteiger charge is 2.31. The number of aliphatic carboxylic acids is 1. The summed E-state index contributed by atoms with van der Waals surface area (Å²) < 4.78 is 28.8. The summed E-state index contributed by atoms with van der Waals surface area (Å²) in [4.78, 5) is 44.5. The molecule has 0 saturated carbocycles. The standard InChI is InChI=1S/C29H30ClFN4O.C22H21ClFN5.C6H10O2/c1-19(2)8-9-22(36)14-21-15-23-26(16-20(21)10-11-29(3)12-13-35(4)17-29)32-18-33-28(23)34-25-7-5-6-24(30)27(25)31;1-22(8-9-29(2)12-22)7-6-14-10-19-15(11-17(14)25)21(27-13-26-19)28-18-5-3-4-16(23)20(18)24;1-5(2)3-4-6(7)8/h5-9,15-16,18-19H,12-14,17H2,1-4H3,(H,32,33,34);3-5,10-11,13H,8-9,12,25H2,1-2H3,(H,26,27,28);3-5H,1-2H3,(H,7,8)/b9-8+;;4-3+/t29-;22-;/m00./s1. The monoisotopic (exact) mass is 1030 g/mol. The third-order valence-electron chi connectivity index (χ3n) is 12.1. The quantitative estimate of drug-likeness (QED) is 0.0585. The van der Waals surface area contributed by atoms with Gasteiger partial charge in [-0.3, -0.25) is 4.79 Å². The number of nitrogens with zero attached hydrogens (tertiary/aromatic N) is 6. The van der Waals surface area contributed by atoms with Gasteiger partial charge >= 0.3 is 5.97 Å². The zero-order valence-electron chi connectivity index (χ0n) is 42.4. The minimum Gasteiger partial charge on any atom is -0.478 e. The number of halogens is 4. The molecule has 2 aliphatic rings. The molecule has 2 atom stereocenters. The number of rotatable bonds is 10. The number of hydrogen-bond acceptors (Lipinski definition) is 11. The van der Waals surface area contributed by atoms with Crippen LogP contribution in [0.1, 0.15) is 71.1 Å². The van der Waals surface area contributed by atoms with Gasteiger partial charge in [-0.15, -0.1) is 0 Å². The van der Waals surface area contributed by atoms with Crippen molar-refractivity contribution in [1.29, 1.82) is 0 Å². The van der Waals surface area contributed by atoms with Gasteiger partial charge in [0.1, 0.15) is 24.3 Å². The molecule has 0 radical (unpaired) electrons. The molecule has 2 aromatic heterocycles. The van der Waals surface area contributed by atoms with Gasteiger partial charge in [0.2, 0.25) is 0 Å². The van der Waals surface area contributed by atoms with Crippen LogP contribution >= 0.6 is 23.2 Å². The Morgan fingerprint density at radius 3 is 1.66 bits per heavy atom. The van der Waals surface area contributed by atoms with Crippen molar-refractivity contribution in [1.82, 2.24) is 29.7 Å². The second-order valence-electron chi connectivity index (χ2n) is 19.7. The Balaban J connectivity index is 0.000000210. The molecule has 2 fully saturated rings. The van der Waals surface area contributed by atoms with Gasteiger partial charge in [0.15, 0.2) is 17.4 Å². The maximum atomic E-state index is 14.6. The SMILES string of the molecule is CC(C)/C=C/C(=O)Cc1cc2c(Nc3cccc(Cl)c3F)ncnc2cc1C#C[C@@]1(C)CCN(C)C1.CC(C)/C=C/C(=O)O.CN1CC[C@](C)(C#Cc2cc3ncnc(Nc4cccc(Cl)c4F)c3cc2N)C1. The number of carbonyl (C=O) groups is 2. The van der Waals surface area contributed by atoms with Crippen LogP contribution in [0.2, 0.25) is 10.0 Å². The number of nitrogens with two attached hydrogens (primary N) is 1. The number of fused-ring (bicyclic) bond motifs is 2. The molecule has 0 amide bonds. The predicted octanol–water partition coefficient (Wildman–Crippen LogP) is 11.9.